The fourth-order valence-corrected chi connectivity index (χ4v) is 3.89. The summed E-state index contributed by atoms with van der Waals surface area (Å²) in [6.07, 6.45) is 5.42. The highest BCUT2D eigenvalue weighted by atomic mass is 16.1. The largest absolute Gasteiger partial charge is 0.351 e. The van der Waals surface area contributed by atoms with E-state index in [4.69, 9.17) is 0 Å². The molecule has 27 heavy (non-hydrogen) atoms. The van der Waals surface area contributed by atoms with E-state index in [1.807, 2.05) is 13.0 Å². The third-order valence-electron chi connectivity index (χ3n) is 5.34. The van der Waals surface area contributed by atoms with Crippen LogP contribution in [0.2, 0.25) is 0 Å². The maximum absolute atomic E-state index is 12.7. The first-order valence-corrected chi connectivity index (χ1v) is 9.70. The van der Waals surface area contributed by atoms with E-state index in [1.165, 1.54) is 19.3 Å². The quantitative estimate of drug-likeness (QED) is 0.747. The summed E-state index contributed by atoms with van der Waals surface area (Å²) in [5.41, 5.74) is 2.56. The second kappa shape index (κ2) is 7.52. The number of rotatable bonds is 5. The van der Waals surface area contributed by atoms with Crippen LogP contribution in [0.5, 0.6) is 0 Å². The van der Waals surface area contributed by atoms with Crippen molar-refractivity contribution in [3.05, 3.63) is 46.4 Å². The molecule has 0 radical (unpaired) electrons. The fraction of sp³-hybridized carbons (Fsp3) is 0.450. The molecule has 7 heteroatoms. The van der Waals surface area contributed by atoms with Crippen molar-refractivity contribution in [2.45, 2.75) is 32.7 Å². The number of nitrogens with one attached hydrogen (secondary N) is 1. The van der Waals surface area contributed by atoms with Crippen molar-refractivity contribution in [1.82, 2.24) is 24.4 Å². The Labute approximate surface area is 157 Å². The topological polar surface area (TPSA) is 71.6 Å². The van der Waals surface area contributed by atoms with Gasteiger partial charge in [-0.15, -0.1) is 0 Å². The van der Waals surface area contributed by atoms with Crippen LogP contribution in [0.15, 0.2) is 35.3 Å². The first kappa shape index (κ1) is 17.7. The molecule has 0 unspecified atom stereocenters. The van der Waals surface area contributed by atoms with Gasteiger partial charge in [0.1, 0.15) is 5.52 Å². The van der Waals surface area contributed by atoms with Gasteiger partial charge in [0, 0.05) is 25.2 Å². The van der Waals surface area contributed by atoms with Gasteiger partial charge in [-0.1, -0.05) is 6.42 Å². The zero-order valence-corrected chi connectivity index (χ0v) is 15.6. The minimum Gasteiger partial charge on any atom is -0.351 e. The summed E-state index contributed by atoms with van der Waals surface area (Å²) in [7, 11) is 0. The molecule has 0 saturated carbocycles. The second-order valence-electron chi connectivity index (χ2n) is 7.04. The number of piperidine rings is 1. The molecule has 142 valence electrons. The zero-order chi connectivity index (χ0) is 18.8. The molecule has 1 fully saturated rings. The number of benzene rings is 1. The molecule has 4 rings (SSSR count). The number of likely N-dealkylation sites (tertiary alicyclic amines) is 1. The first-order valence-electron chi connectivity index (χ1n) is 9.70. The van der Waals surface area contributed by atoms with E-state index in [0.717, 1.165) is 30.7 Å². The lowest BCUT2D eigenvalue weighted by Gasteiger charge is -2.26. The number of hydrogen-bond acceptors (Lipinski definition) is 4. The Kier molecular flexibility index (Phi) is 4.94. The van der Waals surface area contributed by atoms with Gasteiger partial charge in [-0.05, 0) is 57.1 Å². The molecule has 1 aliphatic heterocycles. The fourth-order valence-electron chi connectivity index (χ4n) is 3.89. The predicted octanol–water partition coefficient (Wildman–Crippen LogP) is 1.88. The molecule has 0 atom stereocenters. The third-order valence-corrected chi connectivity index (χ3v) is 5.34. The van der Waals surface area contributed by atoms with Gasteiger partial charge in [-0.3, -0.25) is 9.59 Å². The molecule has 1 aromatic carbocycles. The summed E-state index contributed by atoms with van der Waals surface area (Å²) in [4.78, 5) is 27.6. The molecule has 7 nitrogen and oxygen atoms in total. The van der Waals surface area contributed by atoms with Crippen LogP contribution in [0.1, 0.15) is 36.5 Å². The molecule has 1 amide bonds. The minimum absolute atomic E-state index is 0.0924. The second-order valence-corrected chi connectivity index (χ2v) is 7.04. The maximum atomic E-state index is 12.7. The third kappa shape index (κ3) is 3.35. The van der Waals surface area contributed by atoms with Crippen LogP contribution in [-0.4, -0.2) is 51.2 Å². The van der Waals surface area contributed by atoms with E-state index in [9.17, 15) is 9.59 Å². The van der Waals surface area contributed by atoms with Crippen molar-refractivity contribution in [3.63, 3.8) is 0 Å². The molecule has 1 aliphatic rings. The molecule has 3 aromatic rings. The number of aryl methyl sites for hydroxylation is 1. The van der Waals surface area contributed by atoms with Gasteiger partial charge < -0.3 is 14.8 Å². The molecular formula is C20H25N5O2. The monoisotopic (exact) mass is 367 g/mol. The van der Waals surface area contributed by atoms with Crippen LogP contribution in [0.3, 0.4) is 0 Å². The lowest BCUT2D eigenvalue weighted by atomic mass is 10.1. The Hall–Kier alpha value is -2.67. The summed E-state index contributed by atoms with van der Waals surface area (Å²) in [5, 5.41) is 7.26. The number of amides is 1. The molecule has 3 heterocycles. The van der Waals surface area contributed by atoms with Crippen LogP contribution < -0.4 is 10.9 Å². The summed E-state index contributed by atoms with van der Waals surface area (Å²) >= 11 is 0. The van der Waals surface area contributed by atoms with Crippen LogP contribution in [0, 0.1) is 0 Å². The molecule has 0 aliphatic carbocycles. The van der Waals surface area contributed by atoms with Crippen molar-refractivity contribution >= 4 is 22.5 Å². The van der Waals surface area contributed by atoms with Crippen molar-refractivity contribution in [2.75, 3.05) is 26.2 Å². The van der Waals surface area contributed by atoms with Crippen molar-refractivity contribution in [3.8, 4) is 0 Å². The van der Waals surface area contributed by atoms with E-state index in [1.54, 1.807) is 33.5 Å². The zero-order valence-electron chi connectivity index (χ0n) is 15.6. The minimum atomic E-state index is -0.107. The average Bonchev–Trinajstić information content (AvgIpc) is 3.19. The Morgan fingerprint density at radius 2 is 1.93 bits per heavy atom. The molecular weight excluding hydrogens is 342 g/mol. The van der Waals surface area contributed by atoms with Gasteiger partial charge in [-0.2, -0.15) is 5.10 Å². The van der Waals surface area contributed by atoms with E-state index < -0.39 is 0 Å². The van der Waals surface area contributed by atoms with Crippen LogP contribution in [-0.2, 0) is 6.54 Å². The van der Waals surface area contributed by atoms with Crippen LogP contribution >= 0.6 is 0 Å². The van der Waals surface area contributed by atoms with E-state index in [-0.39, 0.29) is 11.5 Å². The summed E-state index contributed by atoms with van der Waals surface area (Å²) < 4.78 is 3.33. The lowest BCUT2D eigenvalue weighted by molar-refractivity contribution is 0.0946. The van der Waals surface area contributed by atoms with Gasteiger partial charge in [-0.25, -0.2) is 4.52 Å². The number of aromatic nitrogens is 3. The average molecular weight is 367 g/mol. The normalized spacial score (nSPS) is 15.4. The van der Waals surface area contributed by atoms with E-state index in [0.29, 0.717) is 24.2 Å². The van der Waals surface area contributed by atoms with Crippen LogP contribution in [0.4, 0.5) is 0 Å². The number of hydrogen-bond donors (Lipinski definition) is 1. The maximum Gasteiger partial charge on any atom is 0.277 e. The summed E-state index contributed by atoms with van der Waals surface area (Å²) in [6.45, 7) is 6.22. The standard InChI is InChI=1S/C20H25N5O2/c1-2-24-18-14-15(19(26)21-10-13-23-11-4-3-5-12-23)6-7-16(18)25-17(20(24)27)8-9-22-25/h6-9,14H,2-5,10-13H2,1H3,(H,21,26). The van der Waals surface area contributed by atoms with Crippen molar-refractivity contribution in [2.24, 2.45) is 0 Å². The van der Waals surface area contributed by atoms with Gasteiger partial charge in [0.15, 0.2) is 0 Å². The van der Waals surface area contributed by atoms with Gasteiger partial charge in [0.2, 0.25) is 0 Å². The van der Waals surface area contributed by atoms with Crippen LogP contribution in [0.25, 0.3) is 16.6 Å². The molecule has 2 aromatic heterocycles. The highest BCUT2D eigenvalue weighted by Crippen LogP contribution is 2.16. The number of carbonyl (C=O) groups excluding carboxylic acids is 1. The Bertz CT molecular complexity index is 1030. The SMILES string of the molecule is CCn1c(=O)c2ccnn2c2ccc(C(=O)NCCN3CCCCC3)cc21. The summed E-state index contributed by atoms with van der Waals surface area (Å²) in [5.74, 6) is -0.107. The summed E-state index contributed by atoms with van der Waals surface area (Å²) in [6, 6.07) is 7.16. The molecule has 1 N–H and O–H groups in total. The number of carbonyl (C=O) groups is 1. The van der Waals surface area contributed by atoms with E-state index >= 15 is 0 Å². The number of nitrogens with zero attached hydrogens (tertiary/aromatic N) is 4. The lowest BCUT2D eigenvalue weighted by Crippen LogP contribution is -2.37. The highest BCUT2D eigenvalue weighted by molar-refractivity contribution is 5.97. The van der Waals surface area contributed by atoms with E-state index in [2.05, 4.69) is 15.3 Å². The van der Waals surface area contributed by atoms with Crippen molar-refractivity contribution in [1.29, 1.82) is 0 Å². The van der Waals surface area contributed by atoms with Gasteiger partial charge in [0.05, 0.1) is 17.2 Å². The molecule has 0 spiro atoms. The first-order chi connectivity index (χ1) is 13.2. The van der Waals surface area contributed by atoms with Gasteiger partial charge >= 0.3 is 0 Å². The van der Waals surface area contributed by atoms with Gasteiger partial charge in [0.25, 0.3) is 11.5 Å². The molecule has 1 saturated heterocycles. The number of fused-ring (bicyclic) bond motifs is 3. The Morgan fingerprint density at radius 1 is 1.11 bits per heavy atom. The predicted molar refractivity (Wildman–Crippen MR) is 105 cm³/mol. The highest BCUT2D eigenvalue weighted by Gasteiger charge is 2.14. The smallest absolute Gasteiger partial charge is 0.277 e. The Balaban J connectivity index is 1.58. The Morgan fingerprint density at radius 3 is 2.70 bits per heavy atom. The molecule has 0 bridgehead atoms. The van der Waals surface area contributed by atoms with Crippen molar-refractivity contribution < 1.29 is 4.79 Å².